The van der Waals surface area contributed by atoms with Crippen molar-refractivity contribution in [3.05, 3.63) is 24.3 Å². The van der Waals surface area contributed by atoms with Crippen molar-refractivity contribution in [2.45, 2.75) is 6.92 Å². The largest absolute Gasteiger partial charge is 0.363 e. The first-order chi connectivity index (χ1) is 7.34. The highest BCUT2D eigenvalue weighted by Gasteiger charge is 2.10. The van der Waals surface area contributed by atoms with Gasteiger partial charge in [0.1, 0.15) is 0 Å². The number of hydrogen-bond acceptors (Lipinski definition) is 4. The van der Waals surface area contributed by atoms with Crippen molar-refractivity contribution < 1.29 is 0 Å². The van der Waals surface area contributed by atoms with Crippen LogP contribution in [0, 0.1) is 0 Å². The Morgan fingerprint density at radius 3 is 2.80 bits per heavy atom. The summed E-state index contributed by atoms with van der Waals surface area (Å²) < 4.78 is 0. The molecule has 0 saturated carbocycles. The van der Waals surface area contributed by atoms with Crippen molar-refractivity contribution in [3.8, 4) is 0 Å². The van der Waals surface area contributed by atoms with Gasteiger partial charge in [-0.3, -0.25) is 4.90 Å². The van der Waals surface area contributed by atoms with E-state index in [-0.39, 0.29) is 0 Å². The number of piperazine rings is 1. The van der Waals surface area contributed by atoms with Crippen molar-refractivity contribution in [2.75, 3.05) is 39.3 Å². The maximum Gasteiger partial charge on any atom is 0.0348 e. The lowest BCUT2D eigenvalue weighted by Crippen LogP contribution is -2.45. The summed E-state index contributed by atoms with van der Waals surface area (Å²) in [5.74, 6) is 0. The third-order valence-corrected chi connectivity index (χ3v) is 2.82. The number of rotatable bonds is 3. The Morgan fingerprint density at radius 1 is 1.27 bits per heavy atom. The van der Waals surface area contributed by atoms with Crippen LogP contribution < -0.4 is 10.6 Å². The van der Waals surface area contributed by atoms with Crippen LogP contribution in [0.3, 0.4) is 0 Å². The third-order valence-electron chi connectivity index (χ3n) is 2.82. The molecule has 0 aromatic rings. The Morgan fingerprint density at radius 2 is 2.07 bits per heavy atom. The Labute approximate surface area is 91.6 Å². The van der Waals surface area contributed by atoms with Crippen molar-refractivity contribution in [2.24, 2.45) is 0 Å². The van der Waals surface area contributed by atoms with Crippen LogP contribution in [0.2, 0.25) is 0 Å². The Balaban J connectivity index is 1.72. The first-order valence-electron chi connectivity index (χ1n) is 5.65. The molecule has 2 N–H and O–H groups in total. The normalized spacial score (nSPS) is 22.5. The molecule has 84 valence electrons. The highest BCUT2D eigenvalue weighted by atomic mass is 15.2. The van der Waals surface area contributed by atoms with E-state index in [1.54, 1.807) is 0 Å². The van der Waals surface area contributed by atoms with Crippen molar-refractivity contribution in [1.82, 2.24) is 20.4 Å². The lowest BCUT2D eigenvalue weighted by Gasteiger charge is -2.29. The molecule has 4 nitrogen and oxygen atoms in total. The van der Waals surface area contributed by atoms with Crippen LogP contribution in [0.5, 0.6) is 0 Å². The standard InChI is InChI=1S/C11H20N4/c1-11-10-15(7-4-13-11)9-8-14-5-2-12-3-6-14/h4,7,10,12-13H,2-3,5-6,8-9H2,1H3. The zero-order chi connectivity index (χ0) is 10.5. The molecule has 0 aromatic carbocycles. The van der Waals surface area contributed by atoms with Crippen LogP contribution in [0.1, 0.15) is 6.92 Å². The monoisotopic (exact) mass is 208 g/mol. The van der Waals surface area contributed by atoms with E-state index >= 15 is 0 Å². The zero-order valence-electron chi connectivity index (χ0n) is 9.37. The second-order valence-electron chi connectivity index (χ2n) is 4.10. The van der Waals surface area contributed by atoms with E-state index in [1.165, 1.54) is 18.8 Å². The summed E-state index contributed by atoms with van der Waals surface area (Å²) in [6, 6.07) is 0. The van der Waals surface area contributed by atoms with Crippen LogP contribution in [0.4, 0.5) is 0 Å². The Bertz CT molecular complexity index is 253. The first-order valence-corrected chi connectivity index (χ1v) is 5.65. The van der Waals surface area contributed by atoms with Gasteiger partial charge in [0.25, 0.3) is 0 Å². The predicted octanol–water partition coefficient (Wildman–Crippen LogP) is 0.129. The van der Waals surface area contributed by atoms with Gasteiger partial charge in [-0.2, -0.15) is 0 Å². The molecule has 0 aromatic heterocycles. The molecule has 0 bridgehead atoms. The minimum atomic E-state index is 1.08. The summed E-state index contributed by atoms with van der Waals surface area (Å²) in [6.45, 7) is 8.93. The Kier molecular flexibility index (Phi) is 3.64. The van der Waals surface area contributed by atoms with E-state index in [4.69, 9.17) is 0 Å². The average molecular weight is 208 g/mol. The predicted molar refractivity (Wildman–Crippen MR) is 62.0 cm³/mol. The molecule has 15 heavy (non-hydrogen) atoms. The van der Waals surface area contributed by atoms with E-state index in [0.717, 1.165) is 26.2 Å². The second-order valence-corrected chi connectivity index (χ2v) is 4.10. The summed E-state index contributed by atoms with van der Waals surface area (Å²) >= 11 is 0. The summed E-state index contributed by atoms with van der Waals surface area (Å²) in [4.78, 5) is 4.75. The van der Waals surface area contributed by atoms with Crippen LogP contribution in [0.25, 0.3) is 0 Å². The van der Waals surface area contributed by atoms with Gasteiger partial charge in [0, 0.05) is 63.6 Å². The molecule has 0 unspecified atom stereocenters. The van der Waals surface area contributed by atoms with Gasteiger partial charge in [-0.25, -0.2) is 0 Å². The van der Waals surface area contributed by atoms with E-state index in [1.807, 2.05) is 6.20 Å². The summed E-state index contributed by atoms with van der Waals surface area (Å²) in [7, 11) is 0. The van der Waals surface area contributed by atoms with Crippen molar-refractivity contribution in [1.29, 1.82) is 0 Å². The molecule has 0 spiro atoms. The van der Waals surface area contributed by atoms with Crippen LogP contribution in [-0.2, 0) is 0 Å². The number of nitrogens with zero attached hydrogens (tertiary/aromatic N) is 2. The fourth-order valence-corrected chi connectivity index (χ4v) is 1.92. The maximum absolute atomic E-state index is 3.37. The minimum absolute atomic E-state index is 1.08. The van der Waals surface area contributed by atoms with Gasteiger partial charge in [-0.1, -0.05) is 0 Å². The van der Waals surface area contributed by atoms with E-state index in [9.17, 15) is 0 Å². The topological polar surface area (TPSA) is 30.5 Å². The quantitative estimate of drug-likeness (QED) is 0.690. The summed E-state index contributed by atoms with van der Waals surface area (Å²) in [6.07, 6.45) is 6.24. The number of hydrogen-bond donors (Lipinski definition) is 2. The maximum atomic E-state index is 3.37. The smallest absolute Gasteiger partial charge is 0.0348 e. The van der Waals surface area contributed by atoms with Crippen LogP contribution in [0.15, 0.2) is 24.3 Å². The van der Waals surface area contributed by atoms with Gasteiger partial charge in [0.15, 0.2) is 0 Å². The van der Waals surface area contributed by atoms with Gasteiger partial charge in [0.05, 0.1) is 0 Å². The first kappa shape index (κ1) is 10.5. The van der Waals surface area contributed by atoms with E-state index in [0.29, 0.717) is 0 Å². The molecule has 0 radical (unpaired) electrons. The molecule has 1 fully saturated rings. The Hall–Kier alpha value is -1.00. The molecular weight excluding hydrogens is 188 g/mol. The average Bonchev–Trinajstić information content (AvgIpc) is 2.28. The summed E-state index contributed by atoms with van der Waals surface area (Å²) in [5, 5.41) is 6.53. The van der Waals surface area contributed by atoms with Crippen molar-refractivity contribution in [3.63, 3.8) is 0 Å². The fourth-order valence-electron chi connectivity index (χ4n) is 1.92. The molecule has 0 aliphatic carbocycles. The minimum Gasteiger partial charge on any atom is -0.363 e. The van der Waals surface area contributed by atoms with Crippen LogP contribution >= 0.6 is 0 Å². The highest BCUT2D eigenvalue weighted by Crippen LogP contribution is 2.02. The fraction of sp³-hybridized carbons (Fsp3) is 0.636. The van der Waals surface area contributed by atoms with E-state index in [2.05, 4.69) is 39.8 Å². The van der Waals surface area contributed by atoms with Gasteiger partial charge in [0.2, 0.25) is 0 Å². The molecule has 0 amide bonds. The zero-order valence-corrected chi connectivity index (χ0v) is 9.37. The lowest BCUT2D eigenvalue weighted by molar-refractivity contribution is 0.226. The molecule has 4 heteroatoms. The lowest BCUT2D eigenvalue weighted by atomic mass is 10.3. The number of allylic oxidation sites excluding steroid dienone is 1. The number of nitrogens with one attached hydrogen (secondary N) is 2. The van der Waals surface area contributed by atoms with Crippen LogP contribution in [-0.4, -0.2) is 49.1 Å². The highest BCUT2D eigenvalue weighted by molar-refractivity contribution is 5.07. The van der Waals surface area contributed by atoms with Gasteiger partial charge in [-0.15, -0.1) is 0 Å². The van der Waals surface area contributed by atoms with E-state index < -0.39 is 0 Å². The summed E-state index contributed by atoms with van der Waals surface area (Å²) in [5.41, 5.74) is 1.21. The molecule has 2 rings (SSSR count). The van der Waals surface area contributed by atoms with Crippen molar-refractivity contribution >= 4 is 0 Å². The molecular formula is C11H20N4. The van der Waals surface area contributed by atoms with Gasteiger partial charge in [-0.05, 0) is 6.92 Å². The molecule has 0 atom stereocenters. The van der Waals surface area contributed by atoms with Gasteiger partial charge < -0.3 is 15.5 Å². The van der Waals surface area contributed by atoms with Gasteiger partial charge >= 0.3 is 0 Å². The second kappa shape index (κ2) is 5.19. The molecule has 2 aliphatic rings. The molecule has 2 aliphatic heterocycles. The third kappa shape index (κ3) is 3.25. The molecule has 1 saturated heterocycles. The SMILES string of the molecule is CC1=CN(CCN2CCNCC2)C=CN1. The molecule has 2 heterocycles.